The maximum atomic E-state index is 13.3. The quantitative estimate of drug-likeness (QED) is 0.294. The van der Waals surface area contributed by atoms with E-state index in [4.69, 9.17) is 0 Å². The number of benzene rings is 2. The Morgan fingerprint density at radius 3 is 2.44 bits per heavy atom. The third-order valence-corrected chi connectivity index (χ3v) is 7.40. The van der Waals surface area contributed by atoms with E-state index in [0.29, 0.717) is 0 Å². The van der Waals surface area contributed by atoms with Crippen molar-refractivity contribution in [3.63, 3.8) is 0 Å². The van der Waals surface area contributed by atoms with Crippen LogP contribution in [0.2, 0.25) is 0 Å². The molecule has 3 aromatic rings. The lowest BCUT2D eigenvalue weighted by atomic mass is 9.70. The van der Waals surface area contributed by atoms with E-state index >= 15 is 0 Å². The van der Waals surface area contributed by atoms with Crippen molar-refractivity contribution in [1.29, 1.82) is 0 Å². The van der Waals surface area contributed by atoms with Gasteiger partial charge in [-0.15, -0.1) is 4.31 Å². The van der Waals surface area contributed by atoms with Crippen LogP contribution in [-0.4, -0.2) is 27.2 Å². The van der Waals surface area contributed by atoms with Crippen LogP contribution in [0.1, 0.15) is 30.2 Å². The summed E-state index contributed by atoms with van der Waals surface area (Å²) in [5.74, 6) is -0.278. The predicted molar refractivity (Wildman–Crippen MR) is 118 cm³/mol. The molecule has 32 heavy (non-hydrogen) atoms. The molecule has 0 bridgehead atoms. The van der Waals surface area contributed by atoms with Crippen LogP contribution in [0, 0.1) is 11.2 Å². The van der Waals surface area contributed by atoms with Gasteiger partial charge in [0.25, 0.3) is 0 Å². The number of alkyl halides is 3. The van der Waals surface area contributed by atoms with Crippen LogP contribution in [0.4, 0.5) is 17.6 Å². The van der Waals surface area contributed by atoms with Crippen molar-refractivity contribution >= 4 is 18.0 Å². The zero-order chi connectivity index (χ0) is 22.5. The average molecular weight is 461 g/mol. The number of aromatic nitrogens is 2. The van der Waals surface area contributed by atoms with Crippen LogP contribution in [0.25, 0.3) is 11.8 Å². The lowest BCUT2D eigenvalue weighted by molar-refractivity contribution is -0.137. The Kier molecular flexibility index (Phi) is 5.17. The van der Waals surface area contributed by atoms with Crippen molar-refractivity contribution in [2.45, 2.75) is 30.8 Å². The maximum Gasteiger partial charge on any atom is 0.416 e. The molecule has 1 aliphatic carbocycles. The summed E-state index contributed by atoms with van der Waals surface area (Å²) in [6, 6.07) is 11.7. The molecule has 5 rings (SSSR count). The second-order valence-electron chi connectivity index (χ2n) is 8.63. The second-order valence-corrected chi connectivity index (χ2v) is 9.92. The van der Waals surface area contributed by atoms with Gasteiger partial charge < -0.3 is 0 Å². The summed E-state index contributed by atoms with van der Waals surface area (Å²) in [5.41, 5.74) is 3.69. The van der Waals surface area contributed by atoms with Gasteiger partial charge in [-0.3, -0.25) is 0 Å². The molecule has 2 heterocycles. The summed E-state index contributed by atoms with van der Waals surface area (Å²) in [5, 5.41) is 4.54. The van der Waals surface area contributed by atoms with Gasteiger partial charge in [0, 0.05) is 12.0 Å². The van der Waals surface area contributed by atoms with Crippen molar-refractivity contribution in [3.8, 4) is 5.69 Å². The van der Waals surface area contributed by atoms with Gasteiger partial charge in [-0.1, -0.05) is 12.5 Å². The van der Waals surface area contributed by atoms with E-state index in [-0.39, 0.29) is 11.2 Å². The summed E-state index contributed by atoms with van der Waals surface area (Å²) in [4.78, 5) is 0.856. The predicted octanol–water partition coefficient (Wildman–Crippen LogP) is 5.47. The zero-order valence-corrected chi connectivity index (χ0v) is 18.3. The first kappa shape index (κ1) is 21.3. The van der Waals surface area contributed by atoms with Gasteiger partial charge in [-0.05, 0) is 73.0 Å². The molecule has 0 amide bonds. The molecule has 2 aromatic carbocycles. The summed E-state index contributed by atoms with van der Waals surface area (Å²) in [6.45, 7) is 3.90. The molecule has 1 saturated heterocycles. The van der Waals surface area contributed by atoms with Crippen LogP contribution in [0.15, 0.2) is 65.2 Å². The highest BCUT2D eigenvalue weighted by molar-refractivity contribution is 7.76. The Labute approximate surface area is 187 Å². The Hall–Kier alpha value is -2.58. The highest BCUT2D eigenvalue weighted by Gasteiger charge is 2.42. The third kappa shape index (κ3) is 3.97. The largest absolute Gasteiger partial charge is 0.416 e. The van der Waals surface area contributed by atoms with Crippen molar-refractivity contribution in [2.75, 3.05) is 13.1 Å². The van der Waals surface area contributed by atoms with Gasteiger partial charge in [0.15, 0.2) is 4.90 Å². The molecular formula is C24H22F4N3S+. The first-order valence-electron chi connectivity index (χ1n) is 10.4. The molecular weight excluding hydrogens is 438 g/mol. The first-order valence-corrected chi connectivity index (χ1v) is 11.2. The summed E-state index contributed by atoms with van der Waals surface area (Å²) >= 11 is 0.920. The van der Waals surface area contributed by atoms with Crippen molar-refractivity contribution in [3.05, 3.63) is 82.9 Å². The topological polar surface area (TPSA) is 21.1 Å². The first-order chi connectivity index (χ1) is 15.2. The standard InChI is InChI=1S/C24H21F4N3S/c1-23-13-16-14-29-31(20-6-4-19(25)5-7-20)22(16)12-18(23)10-11-30(15-23)32-21-8-2-17(3-9-21)24(26,27)28/h2-9,12,14H,10-11,13,15H2,1H3/p+1. The smallest absolute Gasteiger partial charge is 0.233 e. The molecule has 0 spiro atoms. The van der Waals surface area contributed by atoms with Crippen LogP contribution in [0.3, 0.4) is 0 Å². The number of fused-ring (bicyclic) bond motifs is 2. The van der Waals surface area contributed by atoms with Crippen LogP contribution in [-0.2, 0) is 24.5 Å². The zero-order valence-electron chi connectivity index (χ0n) is 17.4. The molecule has 1 fully saturated rings. The van der Waals surface area contributed by atoms with Crippen LogP contribution < -0.4 is 0 Å². The Morgan fingerprint density at radius 1 is 1.03 bits per heavy atom. The Bertz CT molecular complexity index is 1170. The molecule has 1 unspecified atom stereocenters. The van der Waals surface area contributed by atoms with E-state index in [1.54, 1.807) is 24.3 Å². The molecule has 2 aliphatic rings. The number of thiol groups is 1. The minimum Gasteiger partial charge on any atom is -0.233 e. The number of hydrogen-bond acceptors (Lipinski definition) is 2. The van der Waals surface area contributed by atoms with Gasteiger partial charge >= 0.3 is 6.18 Å². The van der Waals surface area contributed by atoms with Crippen molar-refractivity contribution in [2.24, 2.45) is 5.41 Å². The van der Waals surface area contributed by atoms with Crippen LogP contribution >= 0.6 is 0 Å². The minimum absolute atomic E-state index is 0.0547. The molecule has 1 aliphatic heterocycles. The molecule has 0 saturated carbocycles. The summed E-state index contributed by atoms with van der Waals surface area (Å²) in [7, 11) is 0. The molecule has 1 aromatic heterocycles. The van der Waals surface area contributed by atoms with Gasteiger partial charge in [0.05, 0.1) is 41.6 Å². The van der Waals surface area contributed by atoms with E-state index in [0.717, 1.165) is 71.9 Å². The number of nitrogens with zero attached hydrogens (tertiary/aromatic N) is 3. The van der Waals surface area contributed by atoms with Gasteiger partial charge in [-0.2, -0.15) is 18.3 Å². The second kappa shape index (κ2) is 7.78. The molecule has 8 heteroatoms. The third-order valence-electron chi connectivity index (χ3n) is 6.25. The fourth-order valence-electron chi connectivity index (χ4n) is 4.57. The molecule has 166 valence electrons. The van der Waals surface area contributed by atoms with Crippen molar-refractivity contribution < 1.29 is 17.6 Å². The normalized spacial score (nSPS) is 21.1. The summed E-state index contributed by atoms with van der Waals surface area (Å²) < 4.78 is 55.9. The molecule has 0 radical (unpaired) electrons. The Morgan fingerprint density at radius 2 is 1.75 bits per heavy atom. The lowest BCUT2D eigenvalue weighted by Gasteiger charge is -2.41. The van der Waals surface area contributed by atoms with E-state index in [1.165, 1.54) is 17.7 Å². The number of piperidine rings is 1. The lowest BCUT2D eigenvalue weighted by Crippen LogP contribution is -2.44. The Balaban J connectivity index is 1.34. The molecule has 0 N–H and O–H groups in total. The van der Waals surface area contributed by atoms with Gasteiger partial charge in [0.2, 0.25) is 0 Å². The monoisotopic (exact) mass is 460 g/mol. The van der Waals surface area contributed by atoms with Gasteiger partial charge in [0.1, 0.15) is 5.82 Å². The molecule has 1 atom stereocenters. The van der Waals surface area contributed by atoms with E-state index < -0.39 is 11.7 Å². The van der Waals surface area contributed by atoms with E-state index in [9.17, 15) is 17.6 Å². The fraction of sp³-hybridized carbons (Fsp3) is 0.292. The molecule has 3 nitrogen and oxygen atoms in total. The van der Waals surface area contributed by atoms with Crippen LogP contribution in [0.5, 0.6) is 0 Å². The fourth-order valence-corrected chi connectivity index (χ4v) is 5.76. The average Bonchev–Trinajstić information content (AvgIpc) is 3.14. The number of rotatable bonds is 3. The number of hydrogen-bond donors (Lipinski definition) is 0. The minimum atomic E-state index is -4.31. The summed E-state index contributed by atoms with van der Waals surface area (Å²) in [6.07, 6.45) is 1.50. The van der Waals surface area contributed by atoms with E-state index in [1.807, 2.05) is 10.9 Å². The highest BCUT2D eigenvalue weighted by Crippen LogP contribution is 2.44. The maximum absolute atomic E-state index is 13.3. The van der Waals surface area contributed by atoms with Crippen molar-refractivity contribution in [1.82, 2.24) is 14.1 Å². The SMILES string of the molecule is CC12Cc3cnn(-c4ccc(F)cc4)c3C=C1CCN([SH+]c1ccc(C(F)(F)F)cc1)C2. The van der Waals surface area contributed by atoms with E-state index in [2.05, 4.69) is 22.4 Å². The van der Waals surface area contributed by atoms with Gasteiger partial charge in [-0.25, -0.2) is 9.07 Å². The highest BCUT2D eigenvalue weighted by atomic mass is 32.2. The number of halogens is 4.